The lowest BCUT2D eigenvalue weighted by Gasteiger charge is -2.39. The van der Waals surface area contributed by atoms with Crippen molar-refractivity contribution in [3.63, 3.8) is 0 Å². The van der Waals surface area contributed by atoms with Crippen LogP contribution in [0.4, 0.5) is 0 Å². The number of fused-ring (bicyclic) bond motifs is 1. The van der Waals surface area contributed by atoms with Gasteiger partial charge in [-0.3, -0.25) is 5.32 Å². The first-order chi connectivity index (χ1) is 11.6. The van der Waals surface area contributed by atoms with Gasteiger partial charge in [0, 0.05) is 5.54 Å². The Bertz CT molecular complexity index is 824. The number of nitrogens with one attached hydrogen (secondary N) is 1. The molecular weight excluding hydrogens is 318 g/mol. The highest BCUT2D eigenvalue weighted by Crippen LogP contribution is 2.40. The van der Waals surface area contributed by atoms with E-state index in [2.05, 4.69) is 17.4 Å². The average molecular weight is 341 g/mol. The molecule has 0 saturated heterocycles. The fraction of sp³-hybridized carbons (Fsp3) is 0.400. The second-order valence-corrected chi connectivity index (χ2v) is 9.08. The van der Waals surface area contributed by atoms with Gasteiger partial charge >= 0.3 is 0 Å². The van der Waals surface area contributed by atoms with Crippen LogP contribution in [0.3, 0.4) is 0 Å². The third-order valence-corrected chi connectivity index (χ3v) is 7.40. The smallest absolute Gasteiger partial charge is 0.180 e. The summed E-state index contributed by atoms with van der Waals surface area (Å²) in [6.07, 6.45) is 5.26. The molecule has 2 aliphatic rings. The van der Waals surface area contributed by atoms with Crippen LogP contribution in [-0.2, 0) is 9.84 Å². The molecule has 0 radical (unpaired) electrons. The predicted octanol–water partition coefficient (Wildman–Crippen LogP) is 3.86. The maximum Gasteiger partial charge on any atom is 0.180 e. The van der Waals surface area contributed by atoms with Crippen LogP contribution < -0.4 is 5.32 Å². The predicted molar refractivity (Wildman–Crippen MR) is 95.7 cm³/mol. The van der Waals surface area contributed by atoms with E-state index in [-0.39, 0.29) is 17.3 Å². The molecule has 1 fully saturated rings. The summed E-state index contributed by atoms with van der Waals surface area (Å²) in [7, 11) is -3.29. The van der Waals surface area contributed by atoms with Gasteiger partial charge in [0.15, 0.2) is 9.84 Å². The molecule has 1 N–H and O–H groups in total. The summed E-state index contributed by atoms with van der Waals surface area (Å²) in [4.78, 5) is 0.494. The van der Waals surface area contributed by atoms with Crippen LogP contribution in [-0.4, -0.2) is 19.7 Å². The zero-order valence-corrected chi connectivity index (χ0v) is 14.6. The molecular formula is C20H23NO2S. The van der Waals surface area contributed by atoms with Crippen molar-refractivity contribution in [2.45, 2.75) is 48.6 Å². The van der Waals surface area contributed by atoms with E-state index in [1.165, 1.54) is 6.42 Å². The summed E-state index contributed by atoms with van der Waals surface area (Å²) in [6.45, 7) is 0. The van der Waals surface area contributed by atoms with Crippen molar-refractivity contribution in [2.75, 3.05) is 5.75 Å². The summed E-state index contributed by atoms with van der Waals surface area (Å²) in [5.74, 6) is 0.209. The Balaban J connectivity index is 1.89. The molecule has 1 unspecified atom stereocenters. The molecule has 1 saturated carbocycles. The molecule has 1 aliphatic carbocycles. The van der Waals surface area contributed by atoms with Gasteiger partial charge in [0.25, 0.3) is 0 Å². The van der Waals surface area contributed by atoms with E-state index in [1.807, 2.05) is 36.4 Å². The first-order valence-corrected chi connectivity index (χ1v) is 10.4. The summed E-state index contributed by atoms with van der Waals surface area (Å²) in [5, 5.41) is 3.78. The van der Waals surface area contributed by atoms with Gasteiger partial charge in [0.1, 0.15) is 0 Å². The standard InChI is InChI=1S/C20H23NO2S/c22-24(23)15-20(13-7-2-8-14-20)21-19(16-9-3-1-4-10-16)17-11-5-6-12-18(17)24/h1,3-6,9-12,19,21H,2,7-8,13-15H2. The Kier molecular flexibility index (Phi) is 3.97. The second kappa shape index (κ2) is 6.01. The van der Waals surface area contributed by atoms with Crippen LogP contribution in [0, 0.1) is 0 Å². The quantitative estimate of drug-likeness (QED) is 0.857. The third-order valence-electron chi connectivity index (χ3n) is 5.43. The van der Waals surface area contributed by atoms with Gasteiger partial charge in [0.05, 0.1) is 16.7 Å². The van der Waals surface area contributed by atoms with Crippen LogP contribution in [0.15, 0.2) is 59.5 Å². The molecule has 0 amide bonds. The molecule has 1 aliphatic heterocycles. The molecule has 126 valence electrons. The highest BCUT2D eigenvalue weighted by atomic mass is 32.2. The lowest BCUT2D eigenvalue weighted by Crippen LogP contribution is -2.51. The molecule has 4 heteroatoms. The fourth-order valence-corrected chi connectivity index (χ4v) is 6.38. The minimum absolute atomic E-state index is 0.0715. The third kappa shape index (κ3) is 2.78. The zero-order chi connectivity index (χ0) is 16.6. The summed E-state index contributed by atoms with van der Waals surface area (Å²) in [5.41, 5.74) is 1.70. The van der Waals surface area contributed by atoms with Crippen molar-refractivity contribution in [1.82, 2.24) is 5.32 Å². The molecule has 0 bridgehead atoms. The average Bonchev–Trinajstić information content (AvgIpc) is 2.69. The molecule has 2 aromatic carbocycles. The molecule has 4 rings (SSSR count). The maximum absolute atomic E-state index is 13.1. The van der Waals surface area contributed by atoms with E-state index in [0.717, 1.165) is 36.8 Å². The van der Waals surface area contributed by atoms with Crippen LogP contribution in [0.25, 0.3) is 0 Å². The molecule has 1 spiro atoms. The highest BCUT2D eigenvalue weighted by molar-refractivity contribution is 7.91. The van der Waals surface area contributed by atoms with Crippen LogP contribution in [0.5, 0.6) is 0 Å². The largest absolute Gasteiger partial charge is 0.300 e. The van der Waals surface area contributed by atoms with E-state index in [9.17, 15) is 8.42 Å². The van der Waals surface area contributed by atoms with Gasteiger partial charge in [-0.1, -0.05) is 67.8 Å². The summed E-state index contributed by atoms with van der Waals surface area (Å²) >= 11 is 0. The highest BCUT2D eigenvalue weighted by Gasteiger charge is 2.43. The topological polar surface area (TPSA) is 46.2 Å². The van der Waals surface area contributed by atoms with E-state index < -0.39 is 9.84 Å². The Morgan fingerprint density at radius 1 is 0.875 bits per heavy atom. The van der Waals surface area contributed by atoms with Crippen molar-refractivity contribution in [3.05, 3.63) is 65.7 Å². The lowest BCUT2D eigenvalue weighted by molar-refractivity contribution is 0.243. The number of benzene rings is 2. The van der Waals surface area contributed by atoms with Crippen molar-refractivity contribution >= 4 is 9.84 Å². The lowest BCUT2D eigenvalue weighted by atomic mass is 9.81. The van der Waals surface area contributed by atoms with Gasteiger partial charge in [-0.2, -0.15) is 0 Å². The summed E-state index contributed by atoms with van der Waals surface area (Å²) in [6, 6.07) is 17.6. The van der Waals surface area contributed by atoms with Gasteiger partial charge < -0.3 is 0 Å². The van der Waals surface area contributed by atoms with Gasteiger partial charge in [-0.05, 0) is 30.0 Å². The minimum Gasteiger partial charge on any atom is -0.300 e. The fourth-order valence-electron chi connectivity index (χ4n) is 4.29. The maximum atomic E-state index is 13.1. The molecule has 0 aromatic heterocycles. The van der Waals surface area contributed by atoms with Gasteiger partial charge in [-0.25, -0.2) is 8.42 Å². The number of hydrogen-bond acceptors (Lipinski definition) is 3. The van der Waals surface area contributed by atoms with Gasteiger partial charge in [-0.15, -0.1) is 0 Å². The SMILES string of the molecule is O=S1(=O)CC2(CCCCC2)NC(c2ccccc2)c2ccccc21. The Morgan fingerprint density at radius 3 is 2.29 bits per heavy atom. The Morgan fingerprint density at radius 2 is 1.54 bits per heavy atom. The number of hydrogen-bond donors (Lipinski definition) is 1. The first kappa shape index (κ1) is 15.9. The molecule has 1 atom stereocenters. The van der Waals surface area contributed by atoms with Crippen LogP contribution >= 0.6 is 0 Å². The Labute approximate surface area is 144 Å². The summed E-state index contributed by atoms with van der Waals surface area (Å²) < 4.78 is 26.2. The molecule has 2 aromatic rings. The van der Waals surface area contributed by atoms with Crippen LogP contribution in [0.2, 0.25) is 0 Å². The van der Waals surface area contributed by atoms with Crippen LogP contribution in [0.1, 0.15) is 49.3 Å². The second-order valence-electron chi connectivity index (χ2n) is 7.13. The van der Waals surface area contributed by atoms with E-state index in [4.69, 9.17) is 0 Å². The van der Waals surface area contributed by atoms with Crippen molar-refractivity contribution in [3.8, 4) is 0 Å². The van der Waals surface area contributed by atoms with E-state index in [0.29, 0.717) is 4.90 Å². The first-order valence-electron chi connectivity index (χ1n) is 8.74. The normalized spacial score (nSPS) is 24.9. The zero-order valence-electron chi connectivity index (χ0n) is 13.7. The molecule has 24 heavy (non-hydrogen) atoms. The van der Waals surface area contributed by atoms with Crippen molar-refractivity contribution < 1.29 is 8.42 Å². The van der Waals surface area contributed by atoms with E-state index in [1.54, 1.807) is 6.07 Å². The van der Waals surface area contributed by atoms with Crippen molar-refractivity contribution in [1.29, 1.82) is 0 Å². The molecule has 1 heterocycles. The number of sulfone groups is 1. The Hall–Kier alpha value is -1.65. The van der Waals surface area contributed by atoms with Gasteiger partial charge in [0.2, 0.25) is 0 Å². The molecule has 3 nitrogen and oxygen atoms in total. The van der Waals surface area contributed by atoms with Crippen molar-refractivity contribution in [2.24, 2.45) is 0 Å². The monoisotopic (exact) mass is 341 g/mol. The minimum atomic E-state index is -3.29. The van der Waals surface area contributed by atoms with E-state index >= 15 is 0 Å². The number of rotatable bonds is 1.